The molecule has 1 aromatic heterocycles. The predicted molar refractivity (Wildman–Crippen MR) is 156 cm³/mol. The van der Waals surface area contributed by atoms with E-state index in [0.29, 0.717) is 12.1 Å². The summed E-state index contributed by atoms with van der Waals surface area (Å²) in [6, 6.07) is 17.4. The fourth-order valence-corrected chi connectivity index (χ4v) is 4.24. The molecule has 2 N–H and O–H groups in total. The molecule has 8 nitrogen and oxygen atoms in total. The number of carbonyl (C=O) groups excluding carboxylic acids is 2. The highest BCUT2D eigenvalue weighted by Crippen LogP contribution is 2.25. The molecule has 0 saturated carbocycles. The van der Waals surface area contributed by atoms with E-state index in [9.17, 15) is 9.59 Å². The molecule has 0 aliphatic carbocycles. The second kappa shape index (κ2) is 16.8. The molecule has 1 heterocycles. The van der Waals surface area contributed by atoms with Crippen LogP contribution in [0.15, 0.2) is 65.9 Å². The number of para-hydroxylation sites is 1. The van der Waals surface area contributed by atoms with Gasteiger partial charge in [-0.3, -0.25) is 9.59 Å². The largest absolute Gasteiger partial charge is 0.497 e. The Balaban J connectivity index is 1.46. The van der Waals surface area contributed by atoms with Crippen molar-refractivity contribution in [3.63, 3.8) is 0 Å². The van der Waals surface area contributed by atoms with E-state index < -0.39 is 0 Å². The van der Waals surface area contributed by atoms with Gasteiger partial charge in [0, 0.05) is 23.7 Å². The Morgan fingerprint density at radius 1 is 0.897 bits per heavy atom. The van der Waals surface area contributed by atoms with Crippen LogP contribution < -0.4 is 15.5 Å². The molecule has 0 fully saturated rings. The number of hydrogen-bond acceptors (Lipinski definition) is 5. The second-order valence-corrected chi connectivity index (χ2v) is 9.59. The van der Waals surface area contributed by atoms with Crippen LogP contribution in [0.5, 0.6) is 5.75 Å². The number of benzene rings is 2. The van der Waals surface area contributed by atoms with Crippen molar-refractivity contribution in [1.82, 2.24) is 20.5 Å². The van der Waals surface area contributed by atoms with Crippen LogP contribution >= 0.6 is 0 Å². The number of amides is 2. The van der Waals surface area contributed by atoms with Gasteiger partial charge in [0.05, 0.1) is 25.6 Å². The Bertz CT molecular complexity index is 1170. The number of hydrazone groups is 1. The Labute approximate surface area is 231 Å². The lowest BCUT2D eigenvalue weighted by Gasteiger charge is -2.05. The monoisotopic (exact) mass is 531 g/mol. The average Bonchev–Trinajstić information content (AvgIpc) is 3.40. The standard InChI is InChI=1S/C31H41N5O3/c1-3-4-5-6-7-8-9-10-14-17-29(37)32-23-30(38)34-33-22-26-24-36(27-15-12-11-13-16-27)35-31(26)25-18-20-28(39-2)21-19-25/h11-13,15-16,18-22,24H,3-10,14,17,23H2,1-2H3,(H,32,37)(H,34,38)/b33-22+. The molecular formula is C31H41N5O3. The fourth-order valence-electron chi connectivity index (χ4n) is 4.24. The first kappa shape index (κ1) is 29.6. The number of aromatic nitrogens is 2. The van der Waals surface area contributed by atoms with Gasteiger partial charge in [-0.1, -0.05) is 76.5 Å². The predicted octanol–water partition coefficient (Wildman–Crippen LogP) is 6.04. The Morgan fingerprint density at radius 3 is 2.23 bits per heavy atom. The second-order valence-electron chi connectivity index (χ2n) is 9.59. The number of nitrogens with one attached hydrogen (secondary N) is 2. The first-order valence-corrected chi connectivity index (χ1v) is 14.0. The minimum atomic E-state index is -0.381. The van der Waals surface area contributed by atoms with E-state index in [4.69, 9.17) is 9.84 Å². The maximum absolute atomic E-state index is 12.2. The molecule has 0 saturated heterocycles. The van der Waals surface area contributed by atoms with Crippen molar-refractivity contribution >= 4 is 18.0 Å². The van der Waals surface area contributed by atoms with Gasteiger partial charge < -0.3 is 10.1 Å². The van der Waals surface area contributed by atoms with Crippen molar-refractivity contribution in [2.24, 2.45) is 5.10 Å². The zero-order valence-corrected chi connectivity index (χ0v) is 23.2. The molecule has 3 aromatic rings. The zero-order valence-electron chi connectivity index (χ0n) is 23.2. The van der Waals surface area contributed by atoms with Crippen LogP contribution in [-0.2, 0) is 9.59 Å². The smallest absolute Gasteiger partial charge is 0.259 e. The summed E-state index contributed by atoms with van der Waals surface area (Å²) in [5.74, 6) is 0.264. The molecule has 0 aliphatic rings. The van der Waals surface area contributed by atoms with Gasteiger partial charge in [-0.15, -0.1) is 0 Å². The van der Waals surface area contributed by atoms with Gasteiger partial charge in [-0.2, -0.15) is 10.2 Å². The minimum absolute atomic E-state index is 0.108. The van der Waals surface area contributed by atoms with Gasteiger partial charge in [0.25, 0.3) is 5.91 Å². The van der Waals surface area contributed by atoms with Crippen LogP contribution in [0, 0.1) is 0 Å². The summed E-state index contributed by atoms with van der Waals surface area (Å²) in [5.41, 5.74) is 5.75. The molecule has 0 atom stereocenters. The quantitative estimate of drug-likeness (QED) is 0.126. The van der Waals surface area contributed by atoms with Gasteiger partial charge in [-0.25, -0.2) is 10.1 Å². The molecule has 8 heteroatoms. The number of carbonyl (C=O) groups is 2. The summed E-state index contributed by atoms with van der Waals surface area (Å²) in [6.07, 6.45) is 14.7. The van der Waals surface area contributed by atoms with E-state index in [2.05, 4.69) is 22.8 Å². The van der Waals surface area contributed by atoms with E-state index in [-0.39, 0.29) is 18.4 Å². The van der Waals surface area contributed by atoms with Crippen LogP contribution in [0.3, 0.4) is 0 Å². The third kappa shape index (κ3) is 10.4. The van der Waals surface area contributed by atoms with Gasteiger partial charge in [0.2, 0.25) is 5.91 Å². The number of methoxy groups -OCH3 is 1. The van der Waals surface area contributed by atoms with Gasteiger partial charge in [-0.05, 0) is 42.8 Å². The molecule has 208 valence electrons. The number of ether oxygens (including phenoxy) is 1. The van der Waals surface area contributed by atoms with Crippen LogP contribution in [-0.4, -0.2) is 41.5 Å². The molecule has 2 amide bonds. The summed E-state index contributed by atoms with van der Waals surface area (Å²) >= 11 is 0. The molecule has 0 spiro atoms. The van der Waals surface area contributed by atoms with Crippen molar-refractivity contribution in [2.75, 3.05) is 13.7 Å². The highest BCUT2D eigenvalue weighted by molar-refractivity contribution is 5.90. The van der Waals surface area contributed by atoms with Crippen LogP contribution in [0.25, 0.3) is 16.9 Å². The third-order valence-electron chi connectivity index (χ3n) is 6.47. The first-order valence-electron chi connectivity index (χ1n) is 14.0. The Hall–Kier alpha value is -3.94. The van der Waals surface area contributed by atoms with E-state index in [0.717, 1.165) is 41.8 Å². The van der Waals surface area contributed by atoms with E-state index in [1.54, 1.807) is 18.0 Å². The fraction of sp³-hybridized carbons (Fsp3) is 0.419. The van der Waals surface area contributed by atoms with Gasteiger partial charge >= 0.3 is 0 Å². The molecule has 0 aliphatic heterocycles. The number of hydrogen-bond donors (Lipinski definition) is 2. The SMILES string of the molecule is CCCCCCCCCCCC(=O)NCC(=O)N/N=C/c1cn(-c2ccccc2)nc1-c1ccc(OC)cc1. The lowest BCUT2D eigenvalue weighted by atomic mass is 10.1. The van der Waals surface area contributed by atoms with Crippen molar-refractivity contribution < 1.29 is 14.3 Å². The summed E-state index contributed by atoms with van der Waals surface area (Å²) < 4.78 is 7.04. The molecule has 0 unspecified atom stereocenters. The van der Waals surface area contributed by atoms with Crippen LogP contribution in [0.1, 0.15) is 76.7 Å². The molecule has 3 rings (SSSR count). The molecule has 2 aromatic carbocycles. The molecular weight excluding hydrogens is 490 g/mol. The summed E-state index contributed by atoms with van der Waals surface area (Å²) in [4.78, 5) is 24.3. The maximum atomic E-state index is 12.2. The highest BCUT2D eigenvalue weighted by atomic mass is 16.5. The highest BCUT2D eigenvalue weighted by Gasteiger charge is 2.12. The lowest BCUT2D eigenvalue weighted by Crippen LogP contribution is -2.34. The van der Waals surface area contributed by atoms with E-state index in [1.807, 2.05) is 60.8 Å². The van der Waals surface area contributed by atoms with E-state index in [1.165, 1.54) is 38.5 Å². The number of rotatable bonds is 17. The zero-order chi connectivity index (χ0) is 27.7. The third-order valence-corrected chi connectivity index (χ3v) is 6.47. The Morgan fingerprint density at radius 2 is 1.56 bits per heavy atom. The van der Waals surface area contributed by atoms with Gasteiger partial charge in [0.15, 0.2) is 0 Å². The summed E-state index contributed by atoms with van der Waals surface area (Å²) in [6.45, 7) is 2.12. The van der Waals surface area contributed by atoms with E-state index >= 15 is 0 Å². The summed E-state index contributed by atoms with van der Waals surface area (Å²) in [7, 11) is 1.62. The van der Waals surface area contributed by atoms with Crippen molar-refractivity contribution in [1.29, 1.82) is 0 Å². The van der Waals surface area contributed by atoms with Crippen LogP contribution in [0.2, 0.25) is 0 Å². The van der Waals surface area contributed by atoms with Crippen molar-refractivity contribution in [2.45, 2.75) is 71.1 Å². The van der Waals surface area contributed by atoms with Crippen molar-refractivity contribution in [3.8, 4) is 22.7 Å². The normalized spacial score (nSPS) is 11.0. The lowest BCUT2D eigenvalue weighted by molar-refractivity contribution is -0.126. The van der Waals surface area contributed by atoms with Gasteiger partial charge in [0.1, 0.15) is 11.4 Å². The van der Waals surface area contributed by atoms with Crippen molar-refractivity contribution in [3.05, 3.63) is 66.4 Å². The molecule has 39 heavy (non-hydrogen) atoms. The minimum Gasteiger partial charge on any atom is -0.497 e. The van der Waals surface area contributed by atoms with Crippen LogP contribution in [0.4, 0.5) is 0 Å². The maximum Gasteiger partial charge on any atom is 0.259 e. The number of nitrogens with zero attached hydrogens (tertiary/aromatic N) is 3. The molecule has 0 bridgehead atoms. The average molecular weight is 532 g/mol. The first-order chi connectivity index (χ1) is 19.1. The summed E-state index contributed by atoms with van der Waals surface area (Å²) in [5, 5.41) is 11.5. The number of unbranched alkanes of at least 4 members (excludes halogenated alkanes) is 8. The Kier molecular flexibility index (Phi) is 12.8. The topological polar surface area (TPSA) is 97.6 Å². The molecule has 0 radical (unpaired) electrons.